The number of pyridine rings is 1. The summed E-state index contributed by atoms with van der Waals surface area (Å²) in [6, 6.07) is 11.0. The molecular formula is C23H27N7O3. The fourth-order valence-electron chi connectivity index (χ4n) is 3.45. The molecule has 0 aliphatic carbocycles. The summed E-state index contributed by atoms with van der Waals surface area (Å²) in [4.78, 5) is 20.9. The molecule has 1 amide bonds. The van der Waals surface area contributed by atoms with E-state index in [0.29, 0.717) is 43.5 Å². The molecule has 0 fully saturated rings. The van der Waals surface area contributed by atoms with Gasteiger partial charge in [-0.1, -0.05) is 6.07 Å². The average molecular weight is 450 g/mol. The maximum Gasteiger partial charge on any atom is 0.269 e. The highest BCUT2D eigenvalue weighted by atomic mass is 16.5. The molecule has 3 aromatic heterocycles. The van der Waals surface area contributed by atoms with E-state index in [4.69, 9.17) is 14.5 Å². The predicted molar refractivity (Wildman–Crippen MR) is 125 cm³/mol. The van der Waals surface area contributed by atoms with Crippen molar-refractivity contribution in [1.29, 1.82) is 0 Å². The van der Waals surface area contributed by atoms with Gasteiger partial charge in [-0.25, -0.2) is 4.98 Å². The van der Waals surface area contributed by atoms with Gasteiger partial charge in [0, 0.05) is 32.5 Å². The van der Waals surface area contributed by atoms with E-state index in [9.17, 15) is 4.79 Å². The average Bonchev–Trinajstić information content (AvgIpc) is 3.23. The predicted octanol–water partition coefficient (Wildman–Crippen LogP) is 2.63. The zero-order valence-electron chi connectivity index (χ0n) is 18.7. The van der Waals surface area contributed by atoms with Crippen molar-refractivity contribution in [2.45, 2.75) is 19.8 Å². The zero-order chi connectivity index (χ0) is 23.0. The zero-order valence-corrected chi connectivity index (χ0v) is 18.7. The SMILES string of the molecule is COCCOc1ccc2c(c1)nc(NCCCCNC(=O)c1ccccn1)c1nnc(C)n12. The summed E-state index contributed by atoms with van der Waals surface area (Å²) in [6.45, 7) is 4.16. The van der Waals surface area contributed by atoms with Crippen LogP contribution >= 0.6 is 0 Å². The highest BCUT2D eigenvalue weighted by Crippen LogP contribution is 2.25. The number of carbonyl (C=O) groups is 1. The number of carbonyl (C=O) groups excluding carboxylic acids is 1. The third kappa shape index (κ3) is 5.35. The quantitative estimate of drug-likeness (QED) is 0.336. The number of aromatic nitrogens is 5. The van der Waals surface area contributed by atoms with Crippen LogP contribution in [0.15, 0.2) is 42.6 Å². The number of nitrogens with one attached hydrogen (secondary N) is 2. The fraction of sp³-hybridized carbons (Fsp3) is 0.348. The standard InChI is InChI=1S/C23H27N7O3/c1-16-28-29-22-21(25-11-5-6-12-26-23(31)18-7-3-4-10-24-18)27-19-15-17(33-14-13-32-2)8-9-20(19)30(16)22/h3-4,7-10,15H,5-6,11-14H2,1-2H3,(H,25,27)(H,26,31). The van der Waals surface area contributed by atoms with E-state index < -0.39 is 0 Å². The molecule has 0 aliphatic rings. The van der Waals surface area contributed by atoms with Crippen molar-refractivity contribution in [2.24, 2.45) is 0 Å². The summed E-state index contributed by atoms with van der Waals surface area (Å²) in [5.41, 5.74) is 2.79. The van der Waals surface area contributed by atoms with Crippen LogP contribution < -0.4 is 15.4 Å². The number of benzene rings is 1. The Morgan fingerprint density at radius 2 is 1.97 bits per heavy atom. The topological polar surface area (TPSA) is 116 Å². The summed E-state index contributed by atoms with van der Waals surface area (Å²) in [6.07, 6.45) is 3.28. The van der Waals surface area contributed by atoms with Gasteiger partial charge in [0.1, 0.15) is 23.9 Å². The number of amides is 1. The maximum absolute atomic E-state index is 12.0. The highest BCUT2D eigenvalue weighted by Gasteiger charge is 2.13. The Bertz CT molecular complexity index is 1230. The minimum atomic E-state index is -0.163. The molecule has 0 bridgehead atoms. The van der Waals surface area contributed by atoms with Crippen LogP contribution in [0.25, 0.3) is 16.7 Å². The van der Waals surface area contributed by atoms with Crippen LogP contribution in [0.5, 0.6) is 5.75 Å². The molecule has 0 saturated heterocycles. The van der Waals surface area contributed by atoms with Crippen molar-refractivity contribution in [3.63, 3.8) is 0 Å². The molecule has 0 aliphatic heterocycles. The number of hydrogen-bond donors (Lipinski definition) is 2. The lowest BCUT2D eigenvalue weighted by Gasteiger charge is -2.11. The summed E-state index contributed by atoms with van der Waals surface area (Å²) < 4.78 is 12.8. The van der Waals surface area contributed by atoms with E-state index >= 15 is 0 Å². The molecule has 172 valence electrons. The summed E-state index contributed by atoms with van der Waals surface area (Å²) in [7, 11) is 1.64. The van der Waals surface area contributed by atoms with Crippen LogP contribution in [-0.4, -0.2) is 63.9 Å². The first-order valence-corrected chi connectivity index (χ1v) is 10.9. The van der Waals surface area contributed by atoms with Gasteiger partial charge in [-0.05, 0) is 44.0 Å². The van der Waals surface area contributed by atoms with Gasteiger partial charge < -0.3 is 20.1 Å². The van der Waals surface area contributed by atoms with Crippen LogP contribution in [0.4, 0.5) is 5.82 Å². The number of hydrogen-bond acceptors (Lipinski definition) is 8. The van der Waals surface area contributed by atoms with Crippen LogP contribution in [0.2, 0.25) is 0 Å². The third-order valence-corrected chi connectivity index (χ3v) is 5.09. The first-order valence-electron chi connectivity index (χ1n) is 10.9. The van der Waals surface area contributed by atoms with Crippen LogP contribution in [0, 0.1) is 6.92 Å². The van der Waals surface area contributed by atoms with Crippen molar-refractivity contribution < 1.29 is 14.3 Å². The normalized spacial score (nSPS) is 11.1. The first-order chi connectivity index (χ1) is 16.2. The molecule has 10 nitrogen and oxygen atoms in total. The number of unbranched alkanes of at least 4 members (excludes halogenated alkanes) is 1. The second-order valence-corrected chi connectivity index (χ2v) is 7.46. The molecule has 0 unspecified atom stereocenters. The molecule has 0 saturated carbocycles. The van der Waals surface area contributed by atoms with Crippen LogP contribution in [0.3, 0.4) is 0 Å². The fourth-order valence-corrected chi connectivity index (χ4v) is 3.45. The van der Waals surface area contributed by atoms with Gasteiger partial charge in [-0.3, -0.25) is 14.2 Å². The number of fused-ring (bicyclic) bond motifs is 3. The first kappa shape index (κ1) is 22.4. The molecule has 4 rings (SSSR count). The lowest BCUT2D eigenvalue weighted by molar-refractivity contribution is 0.0948. The van der Waals surface area contributed by atoms with Crippen molar-refractivity contribution in [2.75, 3.05) is 38.7 Å². The summed E-state index contributed by atoms with van der Waals surface area (Å²) >= 11 is 0. The molecule has 0 spiro atoms. The number of methoxy groups -OCH3 is 1. The minimum Gasteiger partial charge on any atom is -0.491 e. The van der Waals surface area contributed by atoms with Gasteiger partial charge in [0.2, 0.25) is 5.65 Å². The summed E-state index contributed by atoms with van der Waals surface area (Å²) in [5.74, 6) is 2.01. The Kier molecular flexibility index (Phi) is 7.26. The van der Waals surface area contributed by atoms with E-state index in [1.807, 2.05) is 29.5 Å². The number of ether oxygens (including phenoxy) is 2. The Morgan fingerprint density at radius 1 is 1.09 bits per heavy atom. The largest absolute Gasteiger partial charge is 0.491 e. The van der Waals surface area contributed by atoms with Gasteiger partial charge in [0.25, 0.3) is 5.91 Å². The lowest BCUT2D eigenvalue weighted by Crippen LogP contribution is -2.25. The highest BCUT2D eigenvalue weighted by molar-refractivity contribution is 5.92. The van der Waals surface area contributed by atoms with E-state index in [1.165, 1.54) is 0 Å². The Balaban J connectivity index is 1.38. The number of rotatable bonds is 11. The molecule has 3 heterocycles. The molecule has 10 heteroatoms. The molecule has 0 atom stereocenters. The molecule has 0 radical (unpaired) electrons. The van der Waals surface area contributed by atoms with Gasteiger partial charge in [-0.2, -0.15) is 0 Å². The number of anilines is 1. The molecular weight excluding hydrogens is 422 g/mol. The Hall–Kier alpha value is -3.79. The van der Waals surface area contributed by atoms with Crippen molar-refractivity contribution in [1.82, 2.24) is 29.9 Å². The van der Waals surface area contributed by atoms with Crippen molar-refractivity contribution in [3.8, 4) is 5.75 Å². The van der Waals surface area contributed by atoms with Gasteiger partial charge >= 0.3 is 0 Å². The third-order valence-electron chi connectivity index (χ3n) is 5.09. The van der Waals surface area contributed by atoms with Gasteiger partial charge in [0.05, 0.1) is 17.6 Å². The second kappa shape index (κ2) is 10.7. The summed E-state index contributed by atoms with van der Waals surface area (Å²) in [5, 5.41) is 14.8. The Labute approximate surface area is 191 Å². The maximum atomic E-state index is 12.0. The molecule has 4 aromatic rings. The second-order valence-electron chi connectivity index (χ2n) is 7.46. The number of nitrogens with zero attached hydrogens (tertiary/aromatic N) is 5. The van der Waals surface area contributed by atoms with E-state index in [-0.39, 0.29) is 5.91 Å². The molecule has 2 N–H and O–H groups in total. The van der Waals surface area contributed by atoms with Gasteiger partial charge in [-0.15, -0.1) is 10.2 Å². The molecule has 33 heavy (non-hydrogen) atoms. The van der Waals surface area contributed by atoms with E-state index in [0.717, 1.165) is 35.4 Å². The van der Waals surface area contributed by atoms with Crippen LogP contribution in [-0.2, 0) is 4.74 Å². The van der Waals surface area contributed by atoms with Crippen molar-refractivity contribution >= 4 is 28.4 Å². The number of aryl methyl sites for hydroxylation is 1. The smallest absolute Gasteiger partial charge is 0.269 e. The van der Waals surface area contributed by atoms with Crippen molar-refractivity contribution in [3.05, 3.63) is 54.1 Å². The minimum absolute atomic E-state index is 0.163. The lowest BCUT2D eigenvalue weighted by atomic mass is 10.2. The Morgan fingerprint density at radius 3 is 2.79 bits per heavy atom. The van der Waals surface area contributed by atoms with E-state index in [2.05, 4.69) is 25.8 Å². The molecule has 1 aromatic carbocycles. The van der Waals surface area contributed by atoms with Crippen LogP contribution in [0.1, 0.15) is 29.2 Å². The van der Waals surface area contributed by atoms with E-state index in [1.54, 1.807) is 31.5 Å². The monoisotopic (exact) mass is 449 g/mol. The van der Waals surface area contributed by atoms with Gasteiger partial charge in [0.15, 0.2) is 5.82 Å².